The molecule has 1 N–H and O–H groups in total. The van der Waals surface area contributed by atoms with Gasteiger partial charge in [-0.1, -0.05) is 32.6 Å². The Morgan fingerprint density at radius 1 is 1.31 bits per heavy atom. The van der Waals surface area contributed by atoms with Crippen molar-refractivity contribution in [1.29, 1.82) is 0 Å². The molecule has 1 heterocycles. The van der Waals surface area contributed by atoms with Crippen LogP contribution in [0, 0.1) is 11.3 Å². The van der Waals surface area contributed by atoms with Crippen LogP contribution in [0.4, 0.5) is 0 Å². The second-order valence-electron chi connectivity index (χ2n) is 5.69. The predicted molar refractivity (Wildman–Crippen MR) is 66.4 cm³/mol. The number of piperidine rings is 1. The molecule has 0 aromatic heterocycles. The van der Waals surface area contributed by atoms with Gasteiger partial charge in [0.25, 0.3) is 0 Å². The highest BCUT2D eigenvalue weighted by molar-refractivity contribution is 5.85. The van der Waals surface area contributed by atoms with E-state index in [1.807, 2.05) is 0 Å². The third-order valence-electron chi connectivity index (χ3n) is 4.69. The number of Topliss-reactive ketones (excluding diaryl/α,β-unsaturated/α-hetero) is 1. The van der Waals surface area contributed by atoms with Crippen molar-refractivity contribution in [2.75, 3.05) is 13.1 Å². The second kappa shape index (κ2) is 5.31. The standard InChI is InChI=1S/C14H25NO/c1-2-14(8-5-9-15-11-14)13(16)10-12-6-3-4-7-12/h12,15H,2-11H2,1H3. The molecule has 1 aliphatic carbocycles. The number of carbonyl (C=O) groups is 1. The first-order valence-electron chi connectivity index (χ1n) is 7.01. The SMILES string of the molecule is CCC1(C(=O)CC2CCCC2)CCCNC1. The summed E-state index contributed by atoms with van der Waals surface area (Å²) in [5.74, 6) is 1.26. The van der Waals surface area contributed by atoms with Gasteiger partial charge in [0.2, 0.25) is 0 Å². The normalized spacial score (nSPS) is 31.8. The van der Waals surface area contributed by atoms with Crippen LogP contribution in [-0.2, 0) is 4.79 Å². The molecule has 0 radical (unpaired) electrons. The van der Waals surface area contributed by atoms with Gasteiger partial charge in [0, 0.05) is 18.4 Å². The molecule has 1 atom stereocenters. The van der Waals surface area contributed by atoms with E-state index >= 15 is 0 Å². The summed E-state index contributed by atoms with van der Waals surface area (Å²) < 4.78 is 0. The molecule has 0 spiro atoms. The highest BCUT2D eigenvalue weighted by Gasteiger charge is 2.38. The molecule has 1 saturated carbocycles. The van der Waals surface area contributed by atoms with Crippen LogP contribution in [0.5, 0.6) is 0 Å². The largest absolute Gasteiger partial charge is 0.316 e. The Kier molecular flexibility index (Phi) is 4.01. The maximum atomic E-state index is 12.5. The third-order valence-corrected chi connectivity index (χ3v) is 4.69. The maximum Gasteiger partial charge on any atom is 0.140 e. The molecule has 2 heteroatoms. The molecule has 2 fully saturated rings. The van der Waals surface area contributed by atoms with Crippen molar-refractivity contribution in [3.63, 3.8) is 0 Å². The summed E-state index contributed by atoms with van der Waals surface area (Å²) in [6, 6.07) is 0. The zero-order chi connectivity index (χ0) is 11.4. The molecule has 16 heavy (non-hydrogen) atoms. The first-order valence-corrected chi connectivity index (χ1v) is 7.01. The Labute approximate surface area is 99.2 Å². The molecule has 1 aliphatic heterocycles. The fraction of sp³-hybridized carbons (Fsp3) is 0.929. The van der Waals surface area contributed by atoms with Crippen molar-refractivity contribution in [2.24, 2.45) is 11.3 Å². The topological polar surface area (TPSA) is 29.1 Å². The highest BCUT2D eigenvalue weighted by atomic mass is 16.1. The fourth-order valence-electron chi connectivity index (χ4n) is 3.40. The highest BCUT2D eigenvalue weighted by Crippen LogP contribution is 2.36. The van der Waals surface area contributed by atoms with Gasteiger partial charge in [0.05, 0.1) is 0 Å². The van der Waals surface area contributed by atoms with Gasteiger partial charge in [-0.3, -0.25) is 4.79 Å². The van der Waals surface area contributed by atoms with E-state index in [9.17, 15) is 4.79 Å². The Morgan fingerprint density at radius 3 is 2.62 bits per heavy atom. The molecule has 1 saturated heterocycles. The summed E-state index contributed by atoms with van der Waals surface area (Å²) in [6.07, 6.45) is 9.43. The van der Waals surface area contributed by atoms with Crippen LogP contribution in [0.15, 0.2) is 0 Å². The maximum absolute atomic E-state index is 12.5. The van der Waals surface area contributed by atoms with Crippen LogP contribution in [-0.4, -0.2) is 18.9 Å². The summed E-state index contributed by atoms with van der Waals surface area (Å²) >= 11 is 0. The quantitative estimate of drug-likeness (QED) is 0.794. The molecule has 2 rings (SSSR count). The average Bonchev–Trinajstić information content (AvgIpc) is 2.82. The van der Waals surface area contributed by atoms with E-state index in [0.717, 1.165) is 32.4 Å². The van der Waals surface area contributed by atoms with Gasteiger partial charge in [0.1, 0.15) is 5.78 Å². The molecule has 0 aromatic carbocycles. The molecule has 0 aromatic rings. The monoisotopic (exact) mass is 223 g/mol. The molecule has 0 amide bonds. The first-order chi connectivity index (χ1) is 7.77. The lowest BCUT2D eigenvalue weighted by Crippen LogP contribution is -2.45. The van der Waals surface area contributed by atoms with Gasteiger partial charge in [-0.05, 0) is 31.7 Å². The minimum atomic E-state index is -0.0131. The van der Waals surface area contributed by atoms with Crippen LogP contribution in [0.1, 0.15) is 58.3 Å². The van der Waals surface area contributed by atoms with Gasteiger partial charge in [0.15, 0.2) is 0 Å². The average molecular weight is 223 g/mol. The predicted octanol–water partition coefficient (Wildman–Crippen LogP) is 2.92. The van der Waals surface area contributed by atoms with Crippen LogP contribution < -0.4 is 5.32 Å². The fourth-order valence-corrected chi connectivity index (χ4v) is 3.40. The molecule has 0 bridgehead atoms. The first kappa shape index (κ1) is 12.1. The van der Waals surface area contributed by atoms with Crippen LogP contribution in [0.2, 0.25) is 0 Å². The second-order valence-corrected chi connectivity index (χ2v) is 5.69. The van der Waals surface area contributed by atoms with Gasteiger partial charge in [-0.2, -0.15) is 0 Å². The smallest absolute Gasteiger partial charge is 0.140 e. The summed E-state index contributed by atoms with van der Waals surface area (Å²) in [5.41, 5.74) is -0.0131. The van der Waals surface area contributed by atoms with E-state index in [1.165, 1.54) is 32.1 Å². The zero-order valence-electron chi connectivity index (χ0n) is 10.6. The van der Waals surface area contributed by atoms with Crippen molar-refractivity contribution in [3.05, 3.63) is 0 Å². The molecular weight excluding hydrogens is 198 g/mol. The van der Waals surface area contributed by atoms with Crippen molar-refractivity contribution >= 4 is 5.78 Å². The van der Waals surface area contributed by atoms with Gasteiger partial charge < -0.3 is 5.32 Å². The number of hydrogen-bond donors (Lipinski definition) is 1. The summed E-state index contributed by atoms with van der Waals surface area (Å²) in [6.45, 7) is 4.20. The number of ketones is 1. The molecule has 1 unspecified atom stereocenters. The van der Waals surface area contributed by atoms with Gasteiger partial charge in [-0.25, -0.2) is 0 Å². The van der Waals surface area contributed by atoms with Crippen molar-refractivity contribution in [2.45, 2.75) is 58.3 Å². The number of nitrogens with one attached hydrogen (secondary N) is 1. The Morgan fingerprint density at radius 2 is 2.06 bits per heavy atom. The molecule has 2 aliphatic rings. The Balaban J connectivity index is 1.94. The minimum absolute atomic E-state index is 0.0131. The summed E-state index contributed by atoms with van der Waals surface area (Å²) in [7, 11) is 0. The Hall–Kier alpha value is -0.370. The lowest BCUT2D eigenvalue weighted by Gasteiger charge is -2.36. The Bertz CT molecular complexity index is 237. The van der Waals surface area contributed by atoms with Gasteiger partial charge >= 0.3 is 0 Å². The number of rotatable bonds is 4. The molecule has 2 nitrogen and oxygen atoms in total. The zero-order valence-corrected chi connectivity index (χ0v) is 10.6. The lowest BCUT2D eigenvalue weighted by molar-refractivity contribution is -0.131. The summed E-state index contributed by atoms with van der Waals surface area (Å²) in [4.78, 5) is 12.5. The van der Waals surface area contributed by atoms with E-state index in [-0.39, 0.29) is 5.41 Å². The van der Waals surface area contributed by atoms with Crippen LogP contribution in [0.25, 0.3) is 0 Å². The van der Waals surface area contributed by atoms with Crippen LogP contribution >= 0.6 is 0 Å². The van der Waals surface area contributed by atoms with Crippen LogP contribution in [0.3, 0.4) is 0 Å². The van der Waals surface area contributed by atoms with Crippen molar-refractivity contribution in [1.82, 2.24) is 5.32 Å². The molecule has 92 valence electrons. The van der Waals surface area contributed by atoms with Crippen molar-refractivity contribution in [3.8, 4) is 0 Å². The third kappa shape index (κ3) is 2.48. The van der Waals surface area contributed by atoms with E-state index in [1.54, 1.807) is 0 Å². The lowest BCUT2D eigenvalue weighted by atomic mass is 9.72. The minimum Gasteiger partial charge on any atom is -0.316 e. The van der Waals surface area contributed by atoms with E-state index in [0.29, 0.717) is 11.7 Å². The van der Waals surface area contributed by atoms with Gasteiger partial charge in [-0.15, -0.1) is 0 Å². The summed E-state index contributed by atoms with van der Waals surface area (Å²) in [5, 5.41) is 3.41. The van der Waals surface area contributed by atoms with E-state index in [2.05, 4.69) is 12.2 Å². The van der Waals surface area contributed by atoms with E-state index in [4.69, 9.17) is 0 Å². The van der Waals surface area contributed by atoms with Crippen molar-refractivity contribution < 1.29 is 4.79 Å². The number of carbonyl (C=O) groups excluding carboxylic acids is 1. The number of hydrogen-bond acceptors (Lipinski definition) is 2. The molecular formula is C14H25NO. The van der Waals surface area contributed by atoms with E-state index < -0.39 is 0 Å².